The molecule has 10 fully saturated rings. The van der Waals surface area contributed by atoms with Crippen LogP contribution in [0.5, 0.6) is 0 Å². The van der Waals surface area contributed by atoms with Crippen LogP contribution in [0.15, 0.2) is 11.6 Å². The molecular formula is C44H66O12. The first-order valence-electron chi connectivity index (χ1n) is 22.3. The van der Waals surface area contributed by atoms with Crippen LogP contribution >= 0.6 is 0 Å². The zero-order chi connectivity index (χ0) is 38.5. The maximum absolute atomic E-state index is 15.0. The summed E-state index contributed by atoms with van der Waals surface area (Å²) < 4.78 is 64.2. The van der Waals surface area contributed by atoms with Gasteiger partial charge in [-0.05, 0) is 91.3 Å². The van der Waals surface area contributed by atoms with Gasteiger partial charge in [0, 0.05) is 5.92 Å². The summed E-state index contributed by atoms with van der Waals surface area (Å²) in [4.78, 5) is 15.0. The Balaban J connectivity index is 1.13. The van der Waals surface area contributed by atoms with E-state index in [-0.39, 0.29) is 132 Å². The molecule has 9 heterocycles. The number of rotatable bonds is 18. The molecular weight excluding hydrogens is 720 g/mol. The Bertz CT molecular complexity index is 1430. The van der Waals surface area contributed by atoms with Gasteiger partial charge < -0.3 is 52.5 Å². The maximum atomic E-state index is 15.0. The van der Waals surface area contributed by atoms with Crippen LogP contribution in [0.4, 0.5) is 0 Å². The van der Waals surface area contributed by atoms with Gasteiger partial charge in [0.05, 0.1) is 127 Å². The lowest BCUT2D eigenvalue weighted by Crippen LogP contribution is -2.54. The Labute approximate surface area is 332 Å². The normalized spacial score (nSPS) is 50.2. The molecule has 12 heteroatoms. The third-order valence-electron chi connectivity index (χ3n) is 16.3. The fraction of sp³-hybridized carbons (Fsp3) is 0.932. The fourth-order valence-electron chi connectivity index (χ4n) is 12.2. The van der Waals surface area contributed by atoms with Crippen LogP contribution in [-0.4, -0.2) is 138 Å². The Hall–Kier alpha value is -1.19. The summed E-state index contributed by atoms with van der Waals surface area (Å²) in [5.74, 6) is -0.184. The Morgan fingerprint density at radius 2 is 0.946 bits per heavy atom. The lowest BCUT2D eigenvalue weighted by atomic mass is 9.58. The fourth-order valence-corrected chi connectivity index (χ4v) is 12.2. The van der Waals surface area contributed by atoms with Crippen LogP contribution in [-0.2, 0) is 52.2 Å². The first kappa shape index (κ1) is 39.0. The van der Waals surface area contributed by atoms with E-state index in [0.29, 0.717) is 39.6 Å². The Morgan fingerprint density at radius 3 is 1.29 bits per heavy atom. The van der Waals surface area contributed by atoms with Crippen molar-refractivity contribution in [1.29, 1.82) is 0 Å². The van der Waals surface area contributed by atoms with Crippen molar-refractivity contribution >= 4 is 5.97 Å². The highest BCUT2D eigenvalue weighted by Gasteiger charge is 2.68. The van der Waals surface area contributed by atoms with Crippen LogP contribution in [0.2, 0.25) is 0 Å². The van der Waals surface area contributed by atoms with Crippen molar-refractivity contribution in [2.24, 2.45) is 70.5 Å². The molecule has 21 atom stereocenters. The van der Waals surface area contributed by atoms with E-state index in [0.717, 1.165) is 51.1 Å². The van der Waals surface area contributed by atoms with Gasteiger partial charge in [-0.1, -0.05) is 39.3 Å². The summed E-state index contributed by atoms with van der Waals surface area (Å²) in [6.07, 6.45) is 5.24. The van der Waals surface area contributed by atoms with E-state index in [1.54, 1.807) is 0 Å². The molecule has 0 aromatic heterocycles. The van der Waals surface area contributed by atoms with Crippen LogP contribution in [0.1, 0.15) is 60.3 Å². The van der Waals surface area contributed by atoms with Gasteiger partial charge in [0.1, 0.15) is 6.10 Å². The van der Waals surface area contributed by atoms with E-state index in [2.05, 4.69) is 40.7 Å². The molecule has 0 aromatic carbocycles. The molecule has 0 radical (unpaired) electrons. The highest BCUT2D eigenvalue weighted by molar-refractivity contribution is 5.76. The molecule has 0 aromatic rings. The molecule has 0 bridgehead atoms. The number of carbonyl (C=O) groups is 1. The second-order valence-electron chi connectivity index (χ2n) is 19.4. The summed E-state index contributed by atoms with van der Waals surface area (Å²) in [5.41, 5.74) is 0.864. The average Bonchev–Trinajstić information content (AvgIpc) is 3.98. The number of esters is 1. The van der Waals surface area contributed by atoms with Crippen molar-refractivity contribution in [3.05, 3.63) is 11.6 Å². The van der Waals surface area contributed by atoms with Gasteiger partial charge in [0.15, 0.2) is 0 Å². The van der Waals surface area contributed by atoms with Gasteiger partial charge in [-0.2, -0.15) is 0 Å². The van der Waals surface area contributed by atoms with Gasteiger partial charge >= 0.3 is 5.97 Å². The number of ether oxygens (including phenoxy) is 10. The largest absolute Gasteiger partial charge is 0.459 e. The standard InChI is InChI=1S/C44H66O12/c1-6-21(4)9-24(44(5,7-2)8-3)43(46)56-25(11-45)37-40(32-18-53-32)38(30-16-51-30)35(28-14-49-28)22(26-12-47-26)10-23(27-13-48-27)36(29-15-50-29)39(31-17-52-31)42(34-20-55-34)41(37)33-19-54-33/h9,22-42,45H,6-8,10-20H2,1-5H3/b21-9-. The van der Waals surface area contributed by atoms with Gasteiger partial charge in [-0.3, -0.25) is 4.79 Å². The molecule has 1 aliphatic carbocycles. The molecule has 314 valence electrons. The predicted octanol–water partition coefficient (Wildman–Crippen LogP) is 3.84. The minimum absolute atomic E-state index is 0.00611. The lowest BCUT2D eigenvalue weighted by Gasteiger charge is -2.47. The monoisotopic (exact) mass is 786 g/mol. The predicted molar refractivity (Wildman–Crippen MR) is 200 cm³/mol. The molecule has 10 aliphatic rings. The second-order valence-corrected chi connectivity index (χ2v) is 19.4. The van der Waals surface area contributed by atoms with E-state index >= 15 is 0 Å². The van der Waals surface area contributed by atoms with Crippen molar-refractivity contribution in [2.75, 3.05) is 66.1 Å². The number of carbonyl (C=O) groups excluding carboxylic acids is 1. The van der Waals surface area contributed by atoms with Gasteiger partial charge in [0.2, 0.25) is 0 Å². The SMILES string of the molecule is CC/C(C)=C\C(C(=O)OC(CO)C1C(C2CO2)C(C2CO2)C(C2CO2)C(C2CO2)CC(C2CO2)C(C2CO2)C(C2CO2)C(C2CO2)C1C1CO1)C(C)(CC)CC. The van der Waals surface area contributed by atoms with Gasteiger partial charge in [-0.15, -0.1) is 0 Å². The molecule has 9 aliphatic heterocycles. The van der Waals surface area contributed by atoms with Crippen LogP contribution in [0, 0.1) is 70.5 Å². The molecule has 0 amide bonds. The van der Waals surface area contributed by atoms with Crippen molar-refractivity contribution in [2.45, 2.75) is 121 Å². The molecule has 1 N–H and O–H groups in total. The molecule has 21 unspecified atom stereocenters. The molecule has 56 heavy (non-hydrogen) atoms. The zero-order valence-electron chi connectivity index (χ0n) is 34.0. The van der Waals surface area contributed by atoms with E-state index in [9.17, 15) is 9.90 Å². The summed E-state index contributed by atoms with van der Waals surface area (Å²) in [6, 6.07) is 0. The molecule has 12 nitrogen and oxygen atoms in total. The second kappa shape index (κ2) is 15.4. The number of allylic oxidation sites excluding steroid dienone is 1. The average molecular weight is 787 g/mol. The minimum atomic E-state index is -0.791. The van der Waals surface area contributed by atoms with Crippen LogP contribution in [0.3, 0.4) is 0 Å². The lowest BCUT2D eigenvalue weighted by molar-refractivity contribution is -0.170. The molecule has 10 rings (SSSR count). The zero-order valence-corrected chi connectivity index (χ0v) is 34.0. The molecule has 9 saturated heterocycles. The number of epoxide rings is 9. The number of hydrogen-bond acceptors (Lipinski definition) is 12. The van der Waals surface area contributed by atoms with Crippen molar-refractivity contribution in [3.8, 4) is 0 Å². The van der Waals surface area contributed by atoms with Crippen molar-refractivity contribution < 1.29 is 57.3 Å². The smallest absolute Gasteiger partial charge is 0.313 e. The number of aliphatic hydroxyl groups excluding tert-OH is 1. The highest BCUT2D eigenvalue weighted by Crippen LogP contribution is 2.61. The summed E-state index contributed by atoms with van der Waals surface area (Å²) in [7, 11) is 0. The third-order valence-corrected chi connectivity index (χ3v) is 16.3. The Morgan fingerprint density at radius 1 is 0.607 bits per heavy atom. The summed E-state index contributed by atoms with van der Waals surface area (Å²) in [5, 5.41) is 11.8. The van der Waals surface area contributed by atoms with E-state index in [1.165, 1.54) is 0 Å². The quantitative estimate of drug-likeness (QED) is 0.122. The Kier molecular flexibility index (Phi) is 10.7. The maximum Gasteiger partial charge on any atom is 0.313 e. The minimum Gasteiger partial charge on any atom is -0.459 e. The topological polar surface area (TPSA) is 159 Å². The van der Waals surface area contributed by atoms with Gasteiger partial charge in [0.25, 0.3) is 0 Å². The molecule has 1 saturated carbocycles. The first-order chi connectivity index (χ1) is 27.3. The first-order valence-corrected chi connectivity index (χ1v) is 22.3. The number of aliphatic hydroxyl groups is 1. The summed E-state index contributed by atoms with van der Waals surface area (Å²) in [6.45, 7) is 16.7. The molecule has 0 spiro atoms. The van der Waals surface area contributed by atoms with E-state index in [4.69, 9.17) is 47.4 Å². The van der Waals surface area contributed by atoms with Crippen LogP contribution in [0.25, 0.3) is 0 Å². The van der Waals surface area contributed by atoms with E-state index in [1.807, 2.05) is 0 Å². The number of hydrogen-bond donors (Lipinski definition) is 1. The highest BCUT2D eigenvalue weighted by atomic mass is 16.6. The third kappa shape index (κ3) is 7.92. The van der Waals surface area contributed by atoms with E-state index < -0.39 is 12.0 Å². The van der Waals surface area contributed by atoms with Crippen molar-refractivity contribution in [3.63, 3.8) is 0 Å². The van der Waals surface area contributed by atoms with Crippen LogP contribution < -0.4 is 0 Å². The van der Waals surface area contributed by atoms with Crippen molar-refractivity contribution in [1.82, 2.24) is 0 Å². The summed E-state index contributed by atoms with van der Waals surface area (Å²) >= 11 is 0. The van der Waals surface area contributed by atoms with Gasteiger partial charge in [-0.25, -0.2) is 0 Å².